The fourth-order valence-corrected chi connectivity index (χ4v) is 2.90. The average molecular weight is 381 g/mol. The van der Waals surface area contributed by atoms with Crippen molar-refractivity contribution in [3.63, 3.8) is 0 Å². The number of aromatic nitrogens is 4. The molecule has 3 rings (SSSR count). The van der Waals surface area contributed by atoms with Crippen LogP contribution in [0.1, 0.15) is 34.7 Å². The van der Waals surface area contributed by atoms with Crippen LogP contribution in [0.3, 0.4) is 0 Å². The van der Waals surface area contributed by atoms with E-state index in [0.717, 1.165) is 0 Å². The minimum atomic E-state index is -1.06. The van der Waals surface area contributed by atoms with Crippen molar-refractivity contribution in [1.82, 2.24) is 19.9 Å². The molecule has 0 bridgehead atoms. The Kier molecular flexibility index (Phi) is 5.47. The molecule has 8 nitrogen and oxygen atoms in total. The number of rotatable bonds is 5. The van der Waals surface area contributed by atoms with Crippen molar-refractivity contribution >= 4 is 28.6 Å². The number of benzene rings is 1. The summed E-state index contributed by atoms with van der Waals surface area (Å²) >= 11 is 1.27. The van der Waals surface area contributed by atoms with Crippen LogP contribution in [0.2, 0.25) is 0 Å². The fourth-order valence-electron chi connectivity index (χ4n) is 2.56. The van der Waals surface area contributed by atoms with Gasteiger partial charge in [-0.2, -0.15) is 5.26 Å². The predicted molar refractivity (Wildman–Crippen MR) is 99.6 cm³/mol. The summed E-state index contributed by atoms with van der Waals surface area (Å²) in [4.78, 5) is 40.1. The van der Waals surface area contributed by atoms with Gasteiger partial charge in [0, 0.05) is 6.20 Å². The Hall–Kier alpha value is -3.25. The highest BCUT2D eigenvalue weighted by Crippen LogP contribution is 2.25. The van der Waals surface area contributed by atoms with E-state index in [0.29, 0.717) is 16.1 Å². The monoisotopic (exact) mass is 381 g/mol. The van der Waals surface area contributed by atoms with Gasteiger partial charge in [-0.3, -0.25) is 4.79 Å². The average Bonchev–Trinajstić information content (AvgIpc) is 2.68. The molecule has 0 aliphatic carbocycles. The Balaban J connectivity index is 2.20. The normalized spacial score (nSPS) is 11.7. The molecule has 0 aliphatic heterocycles. The number of nitrogens with zero attached hydrogens (tertiary/aromatic N) is 4. The van der Waals surface area contributed by atoms with Crippen molar-refractivity contribution in [2.45, 2.75) is 18.0 Å². The highest BCUT2D eigenvalue weighted by molar-refractivity contribution is 7.98. The SMILES string of the molecule is CCOC(=O)c1cnc(SC)nc1C(C#N)c1nc2ccccc2c(=O)[nH]1. The summed E-state index contributed by atoms with van der Waals surface area (Å²) in [5.74, 6) is -1.59. The topological polar surface area (TPSA) is 122 Å². The van der Waals surface area contributed by atoms with Gasteiger partial charge >= 0.3 is 5.97 Å². The van der Waals surface area contributed by atoms with E-state index >= 15 is 0 Å². The van der Waals surface area contributed by atoms with Gasteiger partial charge in [-0.25, -0.2) is 19.7 Å². The van der Waals surface area contributed by atoms with E-state index in [1.807, 2.05) is 0 Å². The first-order valence-electron chi connectivity index (χ1n) is 8.05. The summed E-state index contributed by atoms with van der Waals surface area (Å²) in [5, 5.41) is 10.6. The van der Waals surface area contributed by atoms with Crippen LogP contribution in [-0.4, -0.2) is 38.8 Å². The summed E-state index contributed by atoms with van der Waals surface area (Å²) in [6, 6.07) is 8.89. The van der Waals surface area contributed by atoms with Crippen LogP contribution in [0.15, 0.2) is 40.4 Å². The third kappa shape index (κ3) is 3.66. The van der Waals surface area contributed by atoms with Gasteiger partial charge in [0.1, 0.15) is 17.3 Å². The number of aromatic amines is 1. The van der Waals surface area contributed by atoms with Crippen LogP contribution in [0.5, 0.6) is 0 Å². The fraction of sp³-hybridized carbons (Fsp3) is 0.222. The van der Waals surface area contributed by atoms with Gasteiger partial charge in [0.15, 0.2) is 5.16 Å². The number of hydrogen-bond donors (Lipinski definition) is 1. The number of nitrogens with one attached hydrogen (secondary N) is 1. The highest BCUT2D eigenvalue weighted by Gasteiger charge is 2.27. The lowest BCUT2D eigenvalue weighted by molar-refractivity contribution is 0.0523. The second-order valence-electron chi connectivity index (χ2n) is 5.41. The number of carbonyl (C=O) groups excluding carboxylic acids is 1. The first-order chi connectivity index (χ1) is 13.1. The number of esters is 1. The van der Waals surface area contributed by atoms with Crippen LogP contribution in [0.25, 0.3) is 10.9 Å². The third-order valence-corrected chi connectivity index (χ3v) is 4.34. The molecule has 0 spiro atoms. The van der Waals surface area contributed by atoms with E-state index < -0.39 is 11.9 Å². The summed E-state index contributed by atoms with van der Waals surface area (Å²) in [7, 11) is 0. The molecule has 27 heavy (non-hydrogen) atoms. The van der Waals surface area contributed by atoms with Crippen LogP contribution in [0.4, 0.5) is 0 Å². The molecule has 1 atom stereocenters. The molecule has 0 amide bonds. The molecule has 136 valence electrons. The zero-order valence-electron chi connectivity index (χ0n) is 14.6. The third-order valence-electron chi connectivity index (χ3n) is 3.78. The lowest BCUT2D eigenvalue weighted by Crippen LogP contribution is -2.19. The number of thioether (sulfide) groups is 1. The van der Waals surface area contributed by atoms with Gasteiger partial charge in [-0.15, -0.1) is 0 Å². The first kappa shape index (κ1) is 18.5. The summed E-state index contributed by atoms with van der Waals surface area (Å²) in [6.07, 6.45) is 3.11. The van der Waals surface area contributed by atoms with E-state index in [9.17, 15) is 14.9 Å². The number of hydrogen-bond acceptors (Lipinski definition) is 8. The molecule has 0 saturated carbocycles. The Morgan fingerprint density at radius 3 is 2.85 bits per heavy atom. The maximum absolute atomic E-state index is 12.4. The van der Waals surface area contributed by atoms with Crippen molar-refractivity contribution in [2.75, 3.05) is 12.9 Å². The van der Waals surface area contributed by atoms with E-state index in [-0.39, 0.29) is 29.2 Å². The van der Waals surface area contributed by atoms with Crippen molar-refractivity contribution in [3.8, 4) is 6.07 Å². The highest BCUT2D eigenvalue weighted by atomic mass is 32.2. The molecule has 0 aliphatic rings. The van der Waals surface area contributed by atoms with Gasteiger partial charge in [0.25, 0.3) is 5.56 Å². The number of para-hydroxylation sites is 1. The van der Waals surface area contributed by atoms with Crippen molar-refractivity contribution in [1.29, 1.82) is 5.26 Å². The summed E-state index contributed by atoms with van der Waals surface area (Å²) < 4.78 is 5.04. The molecule has 2 heterocycles. The molecular formula is C18H15N5O3S. The van der Waals surface area contributed by atoms with Crippen LogP contribution in [0, 0.1) is 11.3 Å². The minimum Gasteiger partial charge on any atom is -0.462 e. The quantitative estimate of drug-likeness (QED) is 0.406. The van der Waals surface area contributed by atoms with Crippen LogP contribution in [-0.2, 0) is 4.74 Å². The number of carbonyl (C=O) groups is 1. The number of nitriles is 1. The second-order valence-corrected chi connectivity index (χ2v) is 6.18. The lowest BCUT2D eigenvalue weighted by Gasteiger charge is -2.13. The van der Waals surface area contributed by atoms with Gasteiger partial charge < -0.3 is 9.72 Å². The van der Waals surface area contributed by atoms with Gasteiger partial charge in [-0.05, 0) is 25.3 Å². The molecular weight excluding hydrogens is 366 g/mol. The Morgan fingerprint density at radius 2 is 2.15 bits per heavy atom. The number of fused-ring (bicyclic) bond motifs is 1. The predicted octanol–water partition coefficient (Wildman–Crippen LogP) is 2.27. The van der Waals surface area contributed by atoms with E-state index in [1.54, 1.807) is 37.4 Å². The smallest absolute Gasteiger partial charge is 0.341 e. The Morgan fingerprint density at radius 1 is 1.37 bits per heavy atom. The van der Waals surface area contributed by atoms with Crippen molar-refractivity contribution in [3.05, 3.63) is 57.9 Å². The van der Waals surface area contributed by atoms with E-state index in [2.05, 4.69) is 26.0 Å². The van der Waals surface area contributed by atoms with E-state index in [4.69, 9.17) is 4.74 Å². The van der Waals surface area contributed by atoms with Crippen molar-refractivity contribution < 1.29 is 9.53 Å². The maximum Gasteiger partial charge on any atom is 0.341 e. The maximum atomic E-state index is 12.4. The number of H-pyrrole nitrogens is 1. The zero-order valence-corrected chi connectivity index (χ0v) is 15.4. The molecule has 1 aromatic carbocycles. The van der Waals surface area contributed by atoms with Crippen LogP contribution < -0.4 is 5.56 Å². The standard InChI is InChI=1S/C18H15N5O3S/c1-3-26-17(25)12-9-20-18(27-2)22-14(12)11(8-19)15-21-13-7-5-4-6-10(13)16(24)23-15/h4-7,9,11H,3H2,1-2H3,(H,21,23,24). The molecule has 1 unspecified atom stereocenters. The van der Waals surface area contributed by atoms with Crippen LogP contribution >= 0.6 is 11.8 Å². The van der Waals surface area contributed by atoms with Crippen molar-refractivity contribution in [2.24, 2.45) is 0 Å². The molecule has 1 N–H and O–H groups in total. The molecule has 2 aromatic heterocycles. The largest absolute Gasteiger partial charge is 0.462 e. The Bertz CT molecular complexity index is 1110. The molecule has 0 fully saturated rings. The molecule has 0 radical (unpaired) electrons. The lowest BCUT2D eigenvalue weighted by atomic mass is 10.0. The van der Waals surface area contributed by atoms with Gasteiger partial charge in [-0.1, -0.05) is 23.9 Å². The molecule has 0 saturated heterocycles. The minimum absolute atomic E-state index is 0.0667. The summed E-state index contributed by atoms with van der Waals surface area (Å²) in [5.41, 5.74) is 0.298. The molecule has 3 aromatic rings. The van der Waals surface area contributed by atoms with Gasteiger partial charge in [0.2, 0.25) is 0 Å². The zero-order chi connectivity index (χ0) is 19.4. The second kappa shape index (κ2) is 7.97. The number of ether oxygens (including phenoxy) is 1. The molecule has 9 heteroatoms. The summed E-state index contributed by atoms with van der Waals surface area (Å²) in [6.45, 7) is 1.85. The first-order valence-corrected chi connectivity index (χ1v) is 9.28. The van der Waals surface area contributed by atoms with Gasteiger partial charge in [0.05, 0.1) is 29.3 Å². The van der Waals surface area contributed by atoms with E-state index in [1.165, 1.54) is 18.0 Å². The Labute approximate surface area is 158 Å².